The van der Waals surface area contributed by atoms with Crippen LogP contribution < -0.4 is 10.1 Å². The van der Waals surface area contributed by atoms with Gasteiger partial charge in [-0.1, -0.05) is 29.3 Å². The molecule has 0 saturated heterocycles. The van der Waals surface area contributed by atoms with Crippen molar-refractivity contribution >= 4 is 29.1 Å². The highest BCUT2D eigenvalue weighted by molar-refractivity contribution is 6.42. The third-order valence-corrected chi connectivity index (χ3v) is 2.56. The molecular formula is C10H8Cl2F3NO2. The van der Waals surface area contributed by atoms with E-state index in [-0.39, 0.29) is 15.8 Å². The van der Waals surface area contributed by atoms with Gasteiger partial charge in [-0.15, -0.1) is 0 Å². The number of rotatable bonds is 4. The summed E-state index contributed by atoms with van der Waals surface area (Å²) in [4.78, 5) is 11.0. The van der Waals surface area contributed by atoms with Crippen LogP contribution in [0.1, 0.15) is 0 Å². The Balaban J connectivity index is 2.46. The molecule has 0 aromatic heterocycles. The first-order chi connectivity index (χ1) is 8.29. The Bertz CT molecular complexity index is 438. The molecule has 0 unspecified atom stereocenters. The summed E-state index contributed by atoms with van der Waals surface area (Å²) >= 11 is 11.4. The van der Waals surface area contributed by atoms with Gasteiger partial charge < -0.3 is 10.1 Å². The van der Waals surface area contributed by atoms with Crippen molar-refractivity contribution in [2.75, 3.05) is 13.2 Å². The van der Waals surface area contributed by atoms with Gasteiger partial charge >= 0.3 is 6.18 Å². The lowest BCUT2D eigenvalue weighted by Gasteiger charge is -2.10. The molecule has 18 heavy (non-hydrogen) atoms. The van der Waals surface area contributed by atoms with Crippen molar-refractivity contribution in [3.05, 3.63) is 28.2 Å². The van der Waals surface area contributed by atoms with Crippen LogP contribution in [0.5, 0.6) is 5.75 Å². The van der Waals surface area contributed by atoms with Crippen LogP contribution in [0.4, 0.5) is 13.2 Å². The zero-order chi connectivity index (χ0) is 13.8. The van der Waals surface area contributed by atoms with Gasteiger partial charge in [0.25, 0.3) is 5.91 Å². The number of alkyl halides is 3. The minimum Gasteiger partial charge on any atom is -0.482 e. The number of hydrogen-bond acceptors (Lipinski definition) is 2. The van der Waals surface area contributed by atoms with E-state index in [2.05, 4.69) is 0 Å². The monoisotopic (exact) mass is 301 g/mol. The first-order valence-electron chi connectivity index (χ1n) is 4.70. The van der Waals surface area contributed by atoms with Crippen LogP contribution in [0.2, 0.25) is 10.0 Å². The molecule has 0 aliphatic carbocycles. The van der Waals surface area contributed by atoms with Crippen molar-refractivity contribution < 1.29 is 22.7 Å². The second-order valence-electron chi connectivity index (χ2n) is 3.23. The smallest absolute Gasteiger partial charge is 0.405 e. The standard InChI is InChI=1S/C10H8Cl2F3NO2/c11-6-2-1-3-7(9(6)12)18-4-8(17)16-5-10(13,14)15/h1-3H,4-5H2,(H,16,17). The maximum atomic E-state index is 11.8. The second kappa shape index (κ2) is 6.15. The fourth-order valence-electron chi connectivity index (χ4n) is 0.989. The summed E-state index contributed by atoms with van der Waals surface area (Å²) in [6.07, 6.45) is -4.45. The first-order valence-corrected chi connectivity index (χ1v) is 5.45. The van der Waals surface area contributed by atoms with Crippen LogP contribution in [-0.4, -0.2) is 25.2 Å². The minimum atomic E-state index is -4.45. The number of ether oxygens (including phenoxy) is 1. The number of hydrogen-bond donors (Lipinski definition) is 1. The van der Waals surface area contributed by atoms with Crippen molar-refractivity contribution in [3.63, 3.8) is 0 Å². The zero-order valence-electron chi connectivity index (χ0n) is 8.85. The van der Waals surface area contributed by atoms with E-state index in [1.165, 1.54) is 18.2 Å². The molecule has 1 N–H and O–H groups in total. The number of benzene rings is 1. The summed E-state index contributed by atoms with van der Waals surface area (Å²) in [5.74, 6) is -0.769. The summed E-state index contributed by atoms with van der Waals surface area (Å²) in [7, 11) is 0. The average molecular weight is 302 g/mol. The lowest BCUT2D eigenvalue weighted by atomic mass is 10.3. The number of halogens is 5. The largest absolute Gasteiger partial charge is 0.482 e. The Hall–Kier alpha value is -1.14. The molecule has 1 aromatic carbocycles. The Labute approximate surface area is 111 Å². The van der Waals surface area contributed by atoms with Gasteiger partial charge in [0.15, 0.2) is 6.61 Å². The van der Waals surface area contributed by atoms with Crippen LogP contribution in [0.3, 0.4) is 0 Å². The molecule has 0 aliphatic rings. The van der Waals surface area contributed by atoms with Gasteiger partial charge in [0.1, 0.15) is 17.3 Å². The van der Waals surface area contributed by atoms with Crippen molar-refractivity contribution in [1.82, 2.24) is 5.32 Å². The van der Waals surface area contributed by atoms with Crippen LogP contribution in [0, 0.1) is 0 Å². The number of carbonyl (C=O) groups excluding carboxylic acids is 1. The van der Waals surface area contributed by atoms with E-state index in [9.17, 15) is 18.0 Å². The Morgan fingerprint density at radius 2 is 2.00 bits per heavy atom. The van der Waals surface area contributed by atoms with Gasteiger partial charge in [0.2, 0.25) is 0 Å². The molecule has 0 heterocycles. The molecule has 0 aliphatic heterocycles. The van der Waals surface area contributed by atoms with Crippen molar-refractivity contribution in [3.8, 4) is 5.75 Å². The minimum absolute atomic E-state index is 0.0998. The summed E-state index contributed by atoms with van der Waals surface area (Å²) in [5, 5.41) is 1.99. The highest BCUT2D eigenvalue weighted by atomic mass is 35.5. The molecule has 1 rings (SSSR count). The predicted molar refractivity (Wildman–Crippen MR) is 61.0 cm³/mol. The lowest BCUT2D eigenvalue weighted by Crippen LogP contribution is -2.36. The van der Waals surface area contributed by atoms with Crippen LogP contribution in [0.25, 0.3) is 0 Å². The van der Waals surface area contributed by atoms with Gasteiger partial charge in [-0.05, 0) is 12.1 Å². The molecule has 1 amide bonds. The fourth-order valence-corrected chi connectivity index (χ4v) is 1.34. The van der Waals surface area contributed by atoms with Gasteiger partial charge in [0, 0.05) is 0 Å². The summed E-state index contributed by atoms with van der Waals surface area (Å²) < 4.78 is 40.4. The quantitative estimate of drug-likeness (QED) is 0.928. The van der Waals surface area contributed by atoms with E-state index >= 15 is 0 Å². The number of nitrogens with one attached hydrogen (secondary N) is 1. The normalized spacial score (nSPS) is 11.2. The van der Waals surface area contributed by atoms with E-state index in [1.807, 2.05) is 0 Å². The third kappa shape index (κ3) is 5.01. The number of amides is 1. The Morgan fingerprint density at radius 1 is 1.33 bits per heavy atom. The van der Waals surface area contributed by atoms with Crippen LogP contribution >= 0.6 is 23.2 Å². The summed E-state index contributed by atoms with van der Waals surface area (Å²) in [6, 6.07) is 4.50. The van der Waals surface area contributed by atoms with Crippen LogP contribution in [0.15, 0.2) is 18.2 Å². The van der Waals surface area contributed by atoms with E-state index < -0.39 is 25.2 Å². The Kier molecular flexibility index (Phi) is 5.10. The van der Waals surface area contributed by atoms with E-state index in [0.29, 0.717) is 0 Å². The van der Waals surface area contributed by atoms with Crippen molar-refractivity contribution in [2.24, 2.45) is 0 Å². The number of carbonyl (C=O) groups is 1. The average Bonchev–Trinajstić information content (AvgIpc) is 2.27. The van der Waals surface area contributed by atoms with Crippen molar-refractivity contribution in [2.45, 2.75) is 6.18 Å². The molecule has 0 fully saturated rings. The predicted octanol–water partition coefficient (Wildman–Crippen LogP) is 3.05. The molecular weight excluding hydrogens is 294 g/mol. The van der Waals surface area contributed by atoms with Crippen LogP contribution in [-0.2, 0) is 4.79 Å². The highest BCUT2D eigenvalue weighted by Gasteiger charge is 2.27. The molecule has 0 radical (unpaired) electrons. The fraction of sp³-hybridized carbons (Fsp3) is 0.300. The third-order valence-electron chi connectivity index (χ3n) is 1.76. The maximum absolute atomic E-state index is 11.8. The SMILES string of the molecule is O=C(COc1cccc(Cl)c1Cl)NCC(F)(F)F. The van der Waals surface area contributed by atoms with Gasteiger partial charge in [-0.25, -0.2) is 0 Å². The molecule has 100 valence electrons. The van der Waals surface area contributed by atoms with Gasteiger partial charge in [-0.2, -0.15) is 13.2 Å². The summed E-state index contributed by atoms with van der Waals surface area (Å²) in [5.41, 5.74) is 0. The van der Waals surface area contributed by atoms with E-state index in [0.717, 1.165) is 0 Å². The lowest BCUT2D eigenvalue weighted by molar-refractivity contribution is -0.139. The zero-order valence-corrected chi connectivity index (χ0v) is 10.4. The van der Waals surface area contributed by atoms with Gasteiger partial charge in [-0.3, -0.25) is 4.79 Å². The van der Waals surface area contributed by atoms with E-state index in [4.69, 9.17) is 27.9 Å². The Morgan fingerprint density at radius 3 is 2.61 bits per heavy atom. The first kappa shape index (κ1) is 14.9. The molecule has 0 atom stereocenters. The van der Waals surface area contributed by atoms with E-state index in [1.54, 1.807) is 5.32 Å². The molecule has 8 heteroatoms. The molecule has 0 bridgehead atoms. The summed E-state index contributed by atoms with van der Waals surface area (Å²) in [6.45, 7) is -1.98. The topological polar surface area (TPSA) is 38.3 Å². The second-order valence-corrected chi connectivity index (χ2v) is 4.02. The van der Waals surface area contributed by atoms with Gasteiger partial charge in [0.05, 0.1) is 5.02 Å². The molecule has 1 aromatic rings. The highest BCUT2D eigenvalue weighted by Crippen LogP contribution is 2.31. The molecule has 3 nitrogen and oxygen atoms in total. The maximum Gasteiger partial charge on any atom is 0.405 e. The molecule has 0 saturated carbocycles. The van der Waals surface area contributed by atoms with Crippen molar-refractivity contribution in [1.29, 1.82) is 0 Å². The molecule has 0 spiro atoms.